The van der Waals surface area contributed by atoms with Gasteiger partial charge in [0.2, 0.25) is 0 Å². The van der Waals surface area contributed by atoms with E-state index in [4.69, 9.17) is 0 Å². The molecule has 1 N–H and O–H groups in total. The van der Waals surface area contributed by atoms with Gasteiger partial charge in [-0.2, -0.15) is 0 Å². The standard InChI is InChI=1S/C33H53N.H2/c1-5-7-19-32(3)20-17-26-25(22-32)13-14-28-27(26)18-21-33(4)29(28)15-16-30(33)31(6-2)34-23-24-11-9-8-10-12-24;/h8-12,25-31,34H,5-7,13-23H2,1-4H3;1H/t25-,26?,27-,28?,29+,30-,31-,32?,33+;/m1./s1. The molecule has 0 spiro atoms. The molecule has 4 saturated carbocycles. The molecular weight excluding hydrogens is 410 g/mol. The summed E-state index contributed by atoms with van der Waals surface area (Å²) in [5, 5.41) is 4.03. The summed E-state index contributed by atoms with van der Waals surface area (Å²) >= 11 is 0. The number of nitrogens with one attached hydrogen (secondary N) is 1. The van der Waals surface area contributed by atoms with Crippen molar-refractivity contribution >= 4 is 0 Å². The molecule has 9 atom stereocenters. The van der Waals surface area contributed by atoms with Gasteiger partial charge in [0.05, 0.1) is 0 Å². The van der Waals surface area contributed by atoms with Crippen molar-refractivity contribution in [1.29, 1.82) is 0 Å². The monoisotopic (exact) mass is 465 g/mol. The van der Waals surface area contributed by atoms with Crippen LogP contribution in [0.15, 0.2) is 30.3 Å². The number of hydrogen-bond acceptors (Lipinski definition) is 1. The Labute approximate surface area is 212 Å². The van der Waals surface area contributed by atoms with Gasteiger partial charge in [-0.25, -0.2) is 0 Å². The van der Waals surface area contributed by atoms with E-state index in [1.54, 1.807) is 25.7 Å². The van der Waals surface area contributed by atoms with Crippen LogP contribution in [0.1, 0.15) is 118 Å². The zero-order valence-corrected chi connectivity index (χ0v) is 22.8. The van der Waals surface area contributed by atoms with Crippen LogP contribution in [-0.4, -0.2) is 6.04 Å². The summed E-state index contributed by atoms with van der Waals surface area (Å²) in [6.45, 7) is 11.2. The maximum Gasteiger partial charge on any atom is 0.0208 e. The third kappa shape index (κ3) is 4.65. The number of fused-ring (bicyclic) bond motifs is 5. The molecular formula is C33H55N. The smallest absolute Gasteiger partial charge is 0.0208 e. The van der Waals surface area contributed by atoms with E-state index in [0.29, 0.717) is 16.9 Å². The third-order valence-electron chi connectivity index (χ3n) is 11.9. The van der Waals surface area contributed by atoms with Crippen LogP contribution in [0.4, 0.5) is 0 Å². The maximum absolute atomic E-state index is 4.03. The summed E-state index contributed by atoms with van der Waals surface area (Å²) in [4.78, 5) is 0. The van der Waals surface area contributed by atoms with Gasteiger partial charge in [-0.1, -0.05) is 70.9 Å². The Morgan fingerprint density at radius 3 is 2.47 bits per heavy atom. The zero-order valence-electron chi connectivity index (χ0n) is 22.8. The molecule has 0 saturated heterocycles. The van der Waals surface area contributed by atoms with Crippen LogP contribution in [0.5, 0.6) is 0 Å². The normalized spacial score (nSPS) is 42.5. The van der Waals surface area contributed by atoms with Crippen molar-refractivity contribution in [2.24, 2.45) is 46.3 Å². The summed E-state index contributed by atoms with van der Waals surface area (Å²) in [6.07, 6.45) is 19.3. The summed E-state index contributed by atoms with van der Waals surface area (Å²) in [5.41, 5.74) is 2.67. The largest absolute Gasteiger partial charge is 0.310 e. The van der Waals surface area contributed by atoms with E-state index < -0.39 is 0 Å². The molecule has 0 radical (unpaired) electrons. The Morgan fingerprint density at radius 2 is 1.71 bits per heavy atom. The second kappa shape index (κ2) is 10.3. The van der Waals surface area contributed by atoms with Crippen LogP contribution in [-0.2, 0) is 6.54 Å². The highest BCUT2D eigenvalue weighted by Crippen LogP contribution is 2.65. The quantitative estimate of drug-likeness (QED) is 0.403. The maximum atomic E-state index is 4.03. The van der Waals surface area contributed by atoms with E-state index in [-0.39, 0.29) is 1.43 Å². The Morgan fingerprint density at radius 1 is 0.912 bits per heavy atom. The first kappa shape index (κ1) is 24.9. The van der Waals surface area contributed by atoms with Gasteiger partial charge in [-0.3, -0.25) is 0 Å². The molecule has 3 unspecified atom stereocenters. The van der Waals surface area contributed by atoms with Crippen LogP contribution >= 0.6 is 0 Å². The fourth-order valence-corrected chi connectivity index (χ4v) is 10.1. The summed E-state index contributed by atoms with van der Waals surface area (Å²) in [5.74, 6) is 6.08. The molecule has 0 aliphatic heterocycles. The van der Waals surface area contributed by atoms with Crippen molar-refractivity contribution in [3.8, 4) is 0 Å². The lowest BCUT2D eigenvalue weighted by atomic mass is 9.47. The zero-order chi connectivity index (χ0) is 23.8. The number of unbranched alkanes of at least 4 members (excludes halogenated alkanes) is 1. The van der Waals surface area contributed by atoms with Gasteiger partial charge < -0.3 is 5.32 Å². The second-order valence-corrected chi connectivity index (χ2v) is 13.7. The van der Waals surface area contributed by atoms with Crippen molar-refractivity contribution in [3.05, 3.63) is 35.9 Å². The van der Waals surface area contributed by atoms with E-state index in [2.05, 4.69) is 63.3 Å². The minimum absolute atomic E-state index is 0. The lowest BCUT2D eigenvalue weighted by Crippen LogP contribution is -2.51. The predicted molar refractivity (Wildman–Crippen MR) is 148 cm³/mol. The van der Waals surface area contributed by atoms with Crippen molar-refractivity contribution in [3.63, 3.8) is 0 Å². The summed E-state index contributed by atoms with van der Waals surface area (Å²) in [7, 11) is 0. The van der Waals surface area contributed by atoms with E-state index >= 15 is 0 Å². The molecule has 4 fully saturated rings. The Balaban J connectivity index is 0.00000289. The molecule has 5 rings (SSSR count). The van der Waals surface area contributed by atoms with E-state index in [9.17, 15) is 0 Å². The summed E-state index contributed by atoms with van der Waals surface area (Å²) < 4.78 is 0. The molecule has 0 bridgehead atoms. The van der Waals surface area contributed by atoms with Gasteiger partial charge in [0.1, 0.15) is 0 Å². The predicted octanol–water partition coefficient (Wildman–Crippen LogP) is 9.27. The molecule has 34 heavy (non-hydrogen) atoms. The highest BCUT2D eigenvalue weighted by Gasteiger charge is 2.58. The first-order valence-electron chi connectivity index (χ1n) is 15.2. The average Bonchev–Trinajstić information content (AvgIpc) is 3.21. The molecule has 192 valence electrons. The topological polar surface area (TPSA) is 12.0 Å². The van der Waals surface area contributed by atoms with Gasteiger partial charge in [0.25, 0.3) is 0 Å². The molecule has 1 aromatic rings. The minimum Gasteiger partial charge on any atom is -0.310 e. The lowest BCUT2D eigenvalue weighted by Gasteiger charge is -2.58. The van der Waals surface area contributed by atoms with Gasteiger partial charge in [0, 0.05) is 14.0 Å². The SMILES string of the molecule is CCCCC1(C)CCC2[C@H](CCC3[C@@H]2CC[C@]2(C)[C@@H]([C@@H](CC)NCc4ccccc4)CC[C@@H]32)C1.[HH]. The van der Waals surface area contributed by atoms with Crippen molar-refractivity contribution in [1.82, 2.24) is 5.32 Å². The molecule has 1 aromatic carbocycles. The molecule has 0 heterocycles. The van der Waals surface area contributed by atoms with Gasteiger partial charge in [0.15, 0.2) is 0 Å². The highest BCUT2D eigenvalue weighted by molar-refractivity contribution is 5.15. The minimum atomic E-state index is 0. The van der Waals surface area contributed by atoms with Gasteiger partial charge in [-0.05, 0) is 123 Å². The Hall–Kier alpha value is -0.820. The summed E-state index contributed by atoms with van der Waals surface area (Å²) in [6, 6.07) is 11.7. The van der Waals surface area contributed by atoms with Crippen molar-refractivity contribution in [2.45, 2.75) is 124 Å². The lowest BCUT2D eigenvalue weighted by molar-refractivity contribution is -0.0822. The van der Waals surface area contributed by atoms with E-state index in [1.807, 2.05) is 0 Å². The second-order valence-electron chi connectivity index (χ2n) is 13.7. The van der Waals surface area contributed by atoms with Crippen LogP contribution < -0.4 is 5.32 Å². The molecule has 1 heteroatoms. The van der Waals surface area contributed by atoms with Crippen LogP contribution in [0.25, 0.3) is 0 Å². The van der Waals surface area contributed by atoms with Gasteiger partial charge >= 0.3 is 0 Å². The first-order valence-corrected chi connectivity index (χ1v) is 15.2. The molecule has 4 aliphatic carbocycles. The van der Waals surface area contributed by atoms with Crippen LogP contribution in [0.3, 0.4) is 0 Å². The van der Waals surface area contributed by atoms with Crippen LogP contribution in [0, 0.1) is 46.3 Å². The van der Waals surface area contributed by atoms with Crippen LogP contribution in [0.2, 0.25) is 0 Å². The number of hydrogen-bond donors (Lipinski definition) is 1. The average molecular weight is 466 g/mol. The molecule has 0 aromatic heterocycles. The number of benzene rings is 1. The number of rotatable bonds is 8. The molecule has 0 amide bonds. The fraction of sp³-hybridized carbons (Fsp3) is 0.818. The Bertz CT molecular complexity index is 794. The highest BCUT2D eigenvalue weighted by atomic mass is 14.9. The van der Waals surface area contributed by atoms with Crippen molar-refractivity contribution in [2.75, 3.05) is 0 Å². The fourth-order valence-electron chi connectivity index (χ4n) is 10.1. The molecule has 4 aliphatic rings. The van der Waals surface area contributed by atoms with E-state index in [0.717, 1.165) is 42.1 Å². The Kier molecular flexibility index (Phi) is 7.51. The first-order chi connectivity index (χ1) is 16.5. The van der Waals surface area contributed by atoms with E-state index in [1.165, 1.54) is 63.4 Å². The van der Waals surface area contributed by atoms with Crippen molar-refractivity contribution < 1.29 is 1.43 Å². The molecule has 1 nitrogen and oxygen atoms in total. The third-order valence-corrected chi connectivity index (χ3v) is 11.9. The van der Waals surface area contributed by atoms with Gasteiger partial charge in [-0.15, -0.1) is 0 Å².